The summed E-state index contributed by atoms with van der Waals surface area (Å²) in [5, 5.41) is 2.96. The van der Waals surface area contributed by atoms with Crippen molar-refractivity contribution >= 4 is 11.6 Å². The Balaban J connectivity index is 1.80. The molecule has 4 heteroatoms. The fourth-order valence-electron chi connectivity index (χ4n) is 2.86. The summed E-state index contributed by atoms with van der Waals surface area (Å²) in [6, 6.07) is 12.4. The van der Waals surface area contributed by atoms with Gasteiger partial charge in [-0.3, -0.25) is 9.78 Å². The molecule has 3 rings (SSSR count). The maximum atomic E-state index is 12.3. The Bertz CT molecular complexity index is 719. The first-order chi connectivity index (χ1) is 10.9. The Labute approximate surface area is 137 Å². The largest absolute Gasteiger partial charge is 0.367 e. The number of carbonyl (C=O) groups is 1. The lowest BCUT2D eigenvalue weighted by Gasteiger charge is -2.31. The number of rotatable bonds is 2. The minimum Gasteiger partial charge on any atom is -0.367 e. The van der Waals surface area contributed by atoms with Gasteiger partial charge >= 0.3 is 0 Å². The summed E-state index contributed by atoms with van der Waals surface area (Å²) in [6.07, 6.45) is 2.75. The molecule has 0 saturated carbocycles. The van der Waals surface area contributed by atoms with Gasteiger partial charge in [0.1, 0.15) is 5.69 Å². The number of anilines is 1. The summed E-state index contributed by atoms with van der Waals surface area (Å²) in [7, 11) is 0. The van der Waals surface area contributed by atoms with Gasteiger partial charge in [-0.15, -0.1) is 0 Å². The third-order valence-electron chi connectivity index (χ3n) is 3.96. The van der Waals surface area contributed by atoms with Crippen LogP contribution in [0.5, 0.6) is 0 Å². The van der Waals surface area contributed by atoms with Gasteiger partial charge in [0, 0.05) is 30.5 Å². The maximum Gasteiger partial charge on any atom is 0.270 e. The van der Waals surface area contributed by atoms with E-state index in [1.165, 1.54) is 11.1 Å². The Morgan fingerprint density at radius 3 is 2.65 bits per heavy atom. The molecule has 2 aromatic rings. The van der Waals surface area contributed by atoms with E-state index >= 15 is 0 Å². The van der Waals surface area contributed by atoms with Crippen LogP contribution in [0.2, 0.25) is 0 Å². The molecule has 0 fully saturated rings. The lowest BCUT2D eigenvalue weighted by atomic mass is 9.99. The fraction of sp³-hybridized carbons (Fsp3) is 0.368. The van der Waals surface area contributed by atoms with Crippen LogP contribution in [0.25, 0.3) is 0 Å². The highest BCUT2D eigenvalue weighted by molar-refractivity contribution is 5.93. The van der Waals surface area contributed by atoms with Gasteiger partial charge in [-0.1, -0.05) is 24.3 Å². The molecule has 0 atom stereocenters. The number of aromatic nitrogens is 1. The molecule has 0 radical (unpaired) electrons. The summed E-state index contributed by atoms with van der Waals surface area (Å²) >= 11 is 0. The van der Waals surface area contributed by atoms with Crippen LogP contribution in [0, 0.1) is 0 Å². The van der Waals surface area contributed by atoms with E-state index in [2.05, 4.69) is 39.5 Å². The number of hydrogen-bond acceptors (Lipinski definition) is 3. The number of nitrogens with one attached hydrogen (secondary N) is 1. The summed E-state index contributed by atoms with van der Waals surface area (Å²) in [6.45, 7) is 7.74. The standard InChI is InChI=1S/C19H23N3O/c1-19(2,3)21-18(23)17-12-16(8-10-20-17)22-11-9-14-6-4-5-7-15(14)13-22/h4-8,10,12H,9,11,13H2,1-3H3,(H,21,23). The molecule has 1 N–H and O–H groups in total. The number of pyridine rings is 1. The van der Waals surface area contributed by atoms with Crippen molar-refractivity contribution in [3.63, 3.8) is 0 Å². The number of benzene rings is 1. The Morgan fingerprint density at radius 2 is 1.91 bits per heavy atom. The van der Waals surface area contributed by atoms with Gasteiger partial charge in [0.15, 0.2) is 0 Å². The van der Waals surface area contributed by atoms with E-state index in [9.17, 15) is 4.79 Å². The second-order valence-electron chi connectivity index (χ2n) is 7.04. The molecule has 4 nitrogen and oxygen atoms in total. The molecular formula is C19H23N3O. The molecule has 1 aliphatic rings. The molecule has 0 saturated heterocycles. The first-order valence-corrected chi connectivity index (χ1v) is 8.03. The molecule has 120 valence electrons. The van der Waals surface area contributed by atoms with E-state index in [-0.39, 0.29) is 11.4 Å². The predicted molar refractivity (Wildman–Crippen MR) is 92.7 cm³/mol. The van der Waals surface area contributed by atoms with Crippen molar-refractivity contribution in [2.24, 2.45) is 0 Å². The van der Waals surface area contributed by atoms with Crippen LogP contribution in [-0.2, 0) is 13.0 Å². The van der Waals surface area contributed by atoms with Crippen molar-refractivity contribution in [1.82, 2.24) is 10.3 Å². The summed E-state index contributed by atoms with van der Waals surface area (Å²) < 4.78 is 0. The summed E-state index contributed by atoms with van der Waals surface area (Å²) in [4.78, 5) is 18.8. The minimum absolute atomic E-state index is 0.128. The van der Waals surface area contributed by atoms with Gasteiger partial charge in [-0.05, 0) is 50.5 Å². The molecule has 0 unspecified atom stereocenters. The van der Waals surface area contributed by atoms with Crippen LogP contribution in [0.1, 0.15) is 42.4 Å². The highest BCUT2D eigenvalue weighted by atomic mass is 16.2. The predicted octanol–water partition coefficient (Wildman–Crippen LogP) is 3.17. The van der Waals surface area contributed by atoms with Crippen LogP contribution in [0.15, 0.2) is 42.6 Å². The zero-order chi connectivity index (χ0) is 16.4. The van der Waals surface area contributed by atoms with Crippen LogP contribution >= 0.6 is 0 Å². The number of hydrogen-bond donors (Lipinski definition) is 1. The zero-order valence-electron chi connectivity index (χ0n) is 14.0. The SMILES string of the molecule is CC(C)(C)NC(=O)c1cc(N2CCc3ccccc3C2)ccn1. The lowest BCUT2D eigenvalue weighted by molar-refractivity contribution is 0.0914. The molecule has 1 aromatic carbocycles. The molecule has 1 aliphatic heterocycles. The Kier molecular flexibility index (Phi) is 4.07. The molecule has 23 heavy (non-hydrogen) atoms. The molecule has 2 heterocycles. The van der Waals surface area contributed by atoms with Crippen molar-refractivity contribution in [1.29, 1.82) is 0 Å². The van der Waals surface area contributed by atoms with Gasteiger partial charge in [-0.25, -0.2) is 0 Å². The van der Waals surface area contributed by atoms with Crippen molar-refractivity contribution in [3.8, 4) is 0 Å². The van der Waals surface area contributed by atoms with Crippen molar-refractivity contribution in [3.05, 3.63) is 59.4 Å². The van der Waals surface area contributed by atoms with E-state index in [0.29, 0.717) is 5.69 Å². The lowest BCUT2D eigenvalue weighted by Crippen LogP contribution is -2.41. The highest BCUT2D eigenvalue weighted by Gasteiger charge is 2.19. The van der Waals surface area contributed by atoms with Crippen LogP contribution in [-0.4, -0.2) is 23.0 Å². The first kappa shape index (κ1) is 15.5. The van der Waals surface area contributed by atoms with Gasteiger partial charge in [0.05, 0.1) is 0 Å². The average Bonchev–Trinajstić information content (AvgIpc) is 2.53. The van der Waals surface area contributed by atoms with Crippen LogP contribution in [0.3, 0.4) is 0 Å². The van der Waals surface area contributed by atoms with Crippen molar-refractivity contribution in [2.45, 2.75) is 39.3 Å². The first-order valence-electron chi connectivity index (χ1n) is 8.03. The topological polar surface area (TPSA) is 45.2 Å². The van der Waals surface area contributed by atoms with Crippen molar-refractivity contribution < 1.29 is 4.79 Å². The van der Waals surface area contributed by atoms with Crippen LogP contribution in [0.4, 0.5) is 5.69 Å². The van der Waals surface area contributed by atoms with Crippen LogP contribution < -0.4 is 10.2 Å². The molecule has 1 aromatic heterocycles. The smallest absolute Gasteiger partial charge is 0.270 e. The molecule has 0 bridgehead atoms. The van der Waals surface area contributed by atoms with Gasteiger partial charge < -0.3 is 10.2 Å². The third-order valence-corrected chi connectivity index (χ3v) is 3.96. The summed E-state index contributed by atoms with van der Waals surface area (Å²) in [5.41, 5.74) is 4.03. The number of carbonyl (C=O) groups excluding carboxylic acids is 1. The average molecular weight is 309 g/mol. The quantitative estimate of drug-likeness (QED) is 0.927. The molecular weight excluding hydrogens is 286 g/mol. The van der Waals surface area contributed by atoms with E-state index in [1.807, 2.05) is 32.9 Å². The second-order valence-corrected chi connectivity index (χ2v) is 7.04. The minimum atomic E-state index is -0.265. The van der Waals surface area contributed by atoms with Gasteiger partial charge in [-0.2, -0.15) is 0 Å². The number of fused-ring (bicyclic) bond motifs is 1. The van der Waals surface area contributed by atoms with Crippen molar-refractivity contribution in [2.75, 3.05) is 11.4 Å². The zero-order valence-corrected chi connectivity index (χ0v) is 14.0. The third kappa shape index (κ3) is 3.70. The van der Waals surface area contributed by atoms with Gasteiger partial charge in [0.2, 0.25) is 0 Å². The Hall–Kier alpha value is -2.36. The monoisotopic (exact) mass is 309 g/mol. The fourth-order valence-corrected chi connectivity index (χ4v) is 2.86. The van der Waals surface area contributed by atoms with E-state index in [0.717, 1.165) is 25.2 Å². The number of nitrogens with zero attached hydrogens (tertiary/aromatic N) is 2. The van der Waals surface area contributed by atoms with E-state index in [1.54, 1.807) is 6.20 Å². The second kappa shape index (κ2) is 6.03. The molecule has 0 aliphatic carbocycles. The normalized spacial score (nSPS) is 14.3. The highest BCUT2D eigenvalue weighted by Crippen LogP contribution is 2.24. The van der Waals surface area contributed by atoms with E-state index < -0.39 is 0 Å². The van der Waals surface area contributed by atoms with E-state index in [4.69, 9.17) is 0 Å². The molecule has 0 spiro atoms. The number of amides is 1. The Morgan fingerprint density at radius 1 is 1.17 bits per heavy atom. The maximum absolute atomic E-state index is 12.3. The van der Waals surface area contributed by atoms with Gasteiger partial charge in [0.25, 0.3) is 5.91 Å². The summed E-state index contributed by atoms with van der Waals surface area (Å²) in [5.74, 6) is -0.128. The molecule has 1 amide bonds.